The highest BCUT2D eigenvalue weighted by Gasteiger charge is 2.21. The van der Waals surface area contributed by atoms with Crippen LogP contribution in [0.2, 0.25) is 0 Å². The zero-order valence-corrected chi connectivity index (χ0v) is 16.5. The average molecular weight is 367 g/mol. The lowest BCUT2D eigenvalue weighted by molar-refractivity contribution is -0.123. The molecule has 25 heavy (non-hydrogen) atoms. The molecule has 140 valence electrons. The van der Waals surface area contributed by atoms with Crippen LogP contribution >= 0.6 is 0 Å². The zero-order chi connectivity index (χ0) is 18.6. The van der Waals surface area contributed by atoms with Crippen molar-refractivity contribution in [1.29, 1.82) is 0 Å². The highest BCUT2D eigenvalue weighted by atomic mass is 32.2. The molecule has 0 bridgehead atoms. The summed E-state index contributed by atoms with van der Waals surface area (Å²) in [4.78, 5) is 14.6. The number of carbonyl (C=O) groups excluding carboxylic acids is 1. The van der Waals surface area contributed by atoms with Crippen molar-refractivity contribution < 1.29 is 13.2 Å². The molecule has 1 aliphatic carbocycles. The van der Waals surface area contributed by atoms with Crippen LogP contribution in [0.5, 0.6) is 0 Å². The molecule has 1 amide bonds. The third kappa shape index (κ3) is 5.82. The maximum absolute atomic E-state index is 12.3. The minimum atomic E-state index is -3.18. The van der Waals surface area contributed by atoms with Crippen LogP contribution in [0, 0.1) is 5.92 Å². The number of amides is 1. The van der Waals surface area contributed by atoms with Crippen molar-refractivity contribution in [2.24, 2.45) is 5.92 Å². The minimum Gasteiger partial charge on any atom is -0.352 e. The topological polar surface area (TPSA) is 66.5 Å². The van der Waals surface area contributed by atoms with Crippen molar-refractivity contribution in [3.63, 3.8) is 0 Å². The van der Waals surface area contributed by atoms with E-state index in [1.807, 2.05) is 31.0 Å². The molecule has 6 heteroatoms. The molecule has 0 aromatic heterocycles. The molecule has 1 aromatic carbocycles. The first-order valence-electron chi connectivity index (χ1n) is 8.96. The predicted molar refractivity (Wildman–Crippen MR) is 100 cm³/mol. The monoisotopic (exact) mass is 366 g/mol. The first kappa shape index (κ1) is 19.9. The molecule has 1 atom stereocenters. The van der Waals surface area contributed by atoms with E-state index in [9.17, 15) is 13.2 Å². The van der Waals surface area contributed by atoms with Gasteiger partial charge >= 0.3 is 0 Å². The molecule has 1 aromatic rings. The highest BCUT2D eigenvalue weighted by molar-refractivity contribution is 7.90. The Morgan fingerprint density at radius 1 is 1.20 bits per heavy atom. The zero-order valence-electron chi connectivity index (χ0n) is 15.7. The summed E-state index contributed by atoms with van der Waals surface area (Å²) in [5.41, 5.74) is 0.995. The van der Waals surface area contributed by atoms with E-state index in [0.29, 0.717) is 17.5 Å². The lowest BCUT2D eigenvalue weighted by atomic mass is 9.87. The standard InChI is InChI=1S/C19H30N2O3S/c1-14-5-9-17(10-6-14)20-19(22)13-21(3)15(2)16-7-11-18(12-8-16)25(4,23)24/h7-8,11-12,14-15,17H,5-6,9-10,13H2,1-4H3,(H,20,22). The molecule has 1 N–H and O–H groups in total. The van der Waals surface area contributed by atoms with Crippen molar-refractivity contribution in [3.05, 3.63) is 29.8 Å². The smallest absolute Gasteiger partial charge is 0.234 e. The van der Waals surface area contributed by atoms with Crippen molar-refractivity contribution in [2.75, 3.05) is 19.8 Å². The Bertz CT molecular complexity index is 677. The van der Waals surface area contributed by atoms with E-state index in [1.165, 1.54) is 19.1 Å². The summed E-state index contributed by atoms with van der Waals surface area (Å²) in [5.74, 6) is 0.826. The first-order valence-corrected chi connectivity index (χ1v) is 10.9. The van der Waals surface area contributed by atoms with E-state index < -0.39 is 9.84 Å². The van der Waals surface area contributed by atoms with Crippen molar-refractivity contribution in [3.8, 4) is 0 Å². The molecular weight excluding hydrogens is 336 g/mol. The molecule has 5 nitrogen and oxygen atoms in total. The minimum absolute atomic E-state index is 0.0331. The lowest BCUT2D eigenvalue weighted by Crippen LogP contribution is -2.42. The van der Waals surface area contributed by atoms with Crippen molar-refractivity contribution >= 4 is 15.7 Å². The number of sulfone groups is 1. The average Bonchev–Trinajstić information content (AvgIpc) is 2.55. The van der Waals surface area contributed by atoms with Crippen LogP contribution in [0.15, 0.2) is 29.2 Å². The van der Waals surface area contributed by atoms with Gasteiger partial charge in [0.15, 0.2) is 9.84 Å². The quantitative estimate of drug-likeness (QED) is 0.841. The van der Waals surface area contributed by atoms with Gasteiger partial charge in [-0.05, 0) is 63.3 Å². The van der Waals surface area contributed by atoms with Crippen LogP contribution in [0.1, 0.15) is 51.1 Å². The number of benzene rings is 1. The van der Waals surface area contributed by atoms with Crippen molar-refractivity contribution in [2.45, 2.75) is 56.5 Å². The number of likely N-dealkylation sites (N-methyl/N-ethyl adjacent to an activating group) is 1. The van der Waals surface area contributed by atoms with Gasteiger partial charge in [-0.15, -0.1) is 0 Å². The molecule has 0 spiro atoms. The third-order valence-electron chi connectivity index (χ3n) is 5.23. The molecule has 2 rings (SSSR count). The van der Waals surface area contributed by atoms with Crippen LogP contribution in [0.3, 0.4) is 0 Å². The van der Waals surface area contributed by atoms with E-state index in [2.05, 4.69) is 12.2 Å². The molecule has 1 aliphatic rings. The van der Waals surface area contributed by atoms with Gasteiger partial charge < -0.3 is 5.32 Å². The van der Waals surface area contributed by atoms with Gasteiger partial charge in [0.05, 0.1) is 11.4 Å². The fourth-order valence-corrected chi connectivity index (χ4v) is 3.92. The third-order valence-corrected chi connectivity index (χ3v) is 6.35. The van der Waals surface area contributed by atoms with Gasteiger partial charge in [-0.2, -0.15) is 0 Å². The second-order valence-electron chi connectivity index (χ2n) is 7.46. The second kappa shape index (κ2) is 8.32. The van der Waals surface area contributed by atoms with Gasteiger partial charge in [-0.3, -0.25) is 9.69 Å². The fourth-order valence-electron chi connectivity index (χ4n) is 3.29. The second-order valence-corrected chi connectivity index (χ2v) is 9.47. The van der Waals surface area contributed by atoms with E-state index in [4.69, 9.17) is 0 Å². The molecule has 0 saturated heterocycles. The van der Waals surface area contributed by atoms with E-state index in [-0.39, 0.29) is 11.9 Å². The van der Waals surface area contributed by atoms with Gasteiger partial charge in [0, 0.05) is 18.3 Å². The fraction of sp³-hybridized carbons (Fsp3) is 0.632. The molecule has 1 saturated carbocycles. The Balaban J connectivity index is 1.89. The number of hydrogen-bond acceptors (Lipinski definition) is 4. The van der Waals surface area contributed by atoms with Crippen LogP contribution < -0.4 is 5.32 Å². The summed E-state index contributed by atoms with van der Waals surface area (Å²) < 4.78 is 23.1. The summed E-state index contributed by atoms with van der Waals surface area (Å²) in [6, 6.07) is 7.22. The van der Waals surface area contributed by atoms with Crippen molar-refractivity contribution in [1.82, 2.24) is 10.2 Å². The Hall–Kier alpha value is -1.40. The molecule has 0 radical (unpaired) electrons. The Morgan fingerprint density at radius 3 is 2.28 bits per heavy atom. The molecule has 0 heterocycles. The number of nitrogens with zero attached hydrogens (tertiary/aromatic N) is 1. The maximum Gasteiger partial charge on any atom is 0.234 e. The van der Waals surface area contributed by atoms with Crippen LogP contribution in [0.25, 0.3) is 0 Å². The van der Waals surface area contributed by atoms with E-state index >= 15 is 0 Å². The number of rotatable bonds is 6. The number of nitrogens with one attached hydrogen (secondary N) is 1. The van der Waals surface area contributed by atoms with Crippen LogP contribution in [0.4, 0.5) is 0 Å². The summed E-state index contributed by atoms with van der Waals surface area (Å²) in [6.07, 6.45) is 5.71. The normalized spacial score (nSPS) is 22.6. The molecular formula is C19H30N2O3S. The first-order chi connectivity index (χ1) is 11.7. The summed E-state index contributed by atoms with van der Waals surface area (Å²) in [5, 5.41) is 3.15. The highest BCUT2D eigenvalue weighted by Crippen LogP contribution is 2.24. The van der Waals surface area contributed by atoms with Gasteiger partial charge in [-0.25, -0.2) is 8.42 Å². The summed E-state index contributed by atoms with van der Waals surface area (Å²) in [6.45, 7) is 4.62. The molecule has 0 aliphatic heterocycles. The Labute approximate surface area is 151 Å². The molecule has 1 fully saturated rings. The maximum atomic E-state index is 12.3. The van der Waals surface area contributed by atoms with E-state index in [0.717, 1.165) is 24.3 Å². The summed E-state index contributed by atoms with van der Waals surface area (Å²) >= 11 is 0. The molecule has 1 unspecified atom stereocenters. The van der Waals surface area contributed by atoms with Gasteiger partial charge in [-0.1, -0.05) is 19.1 Å². The largest absolute Gasteiger partial charge is 0.352 e. The van der Waals surface area contributed by atoms with Gasteiger partial charge in [0.25, 0.3) is 0 Å². The summed E-state index contributed by atoms with van der Waals surface area (Å²) in [7, 11) is -1.27. The SMILES string of the molecule is CC1CCC(NC(=O)CN(C)C(C)c2ccc(S(C)(=O)=O)cc2)CC1. The predicted octanol–water partition coefficient (Wildman–Crippen LogP) is 2.78. The van der Waals surface area contributed by atoms with Crippen LogP contribution in [-0.2, 0) is 14.6 Å². The Kier molecular flexibility index (Phi) is 6.63. The number of carbonyl (C=O) groups is 1. The Morgan fingerprint density at radius 2 is 1.76 bits per heavy atom. The van der Waals surface area contributed by atoms with Crippen LogP contribution in [-0.4, -0.2) is 45.1 Å². The van der Waals surface area contributed by atoms with Gasteiger partial charge in [0.1, 0.15) is 0 Å². The lowest BCUT2D eigenvalue weighted by Gasteiger charge is -2.29. The number of hydrogen-bond donors (Lipinski definition) is 1. The van der Waals surface area contributed by atoms with E-state index in [1.54, 1.807) is 12.1 Å². The van der Waals surface area contributed by atoms with Gasteiger partial charge in [0.2, 0.25) is 5.91 Å².